The number of carbonyl (C=O) groups excluding carboxylic acids is 1. The summed E-state index contributed by atoms with van der Waals surface area (Å²) in [6.07, 6.45) is 3.04. The van der Waals surface area contributed by atoms with E-state index in [1.165, 1.54) is 24.3 Å². The van der Waals surface area contributed by atoms with Gasteiger partial charge in [-0.2, -0.15) is 0 Å². The highest BCUT2D eigenvalue weighted by Gasteiger charge is 2.14. The van der Waals surface area contributed by atoms with Crippen molar-refractivity contribution in [3.63, 3.8) is 0 Å². The lowest BCUT2D eigenvalue weighted by Crippen LogP contribution is -2.08. The second kappa shape index (κ2) is 5.84. The van der Waals surface area contributed by atoms with Crippen molar-refractivity contribution in [2.45, 2.75) is 0 Å². The molecule has 0 aliphatic rings. The lowest BCUT2D eigenvalue weighted by atomic mass is 10.0. The lowest BCUT2D eigenvalue weighted by molar-refractivity contribution is 0.0698. The van der Waals surface area contributed by atoms with E-state index >= 15 is 0 Å². The van der Waals surface area contributed by atoms with Gasteiger partial charge in [-0.1, -0.05) is 42.5 Å². The van der Waals surface area contributed by atoms with Crippen molar-refractivity contribution in [3.8, 4) is 0 Å². The Labute approximate surface area is 116 Å². The molecule has 100 valence electrons. The summed E-state index contributed by atoms with van der Waals surface area (Å²) in [5.41, 5.74) is 6.72. The Balaban J connectivity index is 2.28. The van der Waals surface area contributed by atoms with Crippen LogP contribution in [0.1, 0.15) is 26.3 Å². The van der Waals surface area contributed by atoms with Crippen LogP contribution in [0.4, 0.5) is 5.69 Å². The van der Waals surface area contributed by atoms with Crippen LogP contribution in [0.3, 0.4) is 0 Å². The number of carboxylic acids is 1. The highest BCUT2D eigenvalue weighted by molar-refractivity contribution is 6.12. The summed E-state index contributed by atoms with van der Waals surface area (Å²) in [4.78, 5) is 23.0. The molecule has 0 amide bonds. The summed E-state index contributed by atoms with van der Waals surface area (Å²) in [5.74, 6) is -1.47. The van der Waals surface area contributed by atoms with Gasteiger partial charge in [-0.05, 0) is 23.8 Å². The van der Waals surface area contributed by atoms with Gasteiger partial charge in [0.2, 0.25) is 0 Å². The molecule has 4 heteroatoms. The fraction of sp³-hybridized carbons (Fsp3) is 0. The van der Waals surface area contributed by atoms with Crippen LogP contribution in [0.5, 0.6) is 0 Å². The minimum Gasteiger partial charge on any atom is -0.478 e. The van der Waals surface area contributed by atoms with Crippen LogP contribution in [0.15, 0.2) is 54.6 Å². The Kier molecular flexibility index (Phi) is 3.96. The van der Waals surface area contributed by atoms with Crippen LogP contribution in [0.2, 0.25) is 0 Å². The van der Waals surface area contributed by atoms with Crippen LogP contribution in [-0.4, -0.2) is 16.9 Å². The number of nitrogen functional groups attached to an aromatic ring is 1. The van der Waals surface area contributed by atoms with Crippen LogP contribution >= 0.6 is 0 Å². The second-order valence-corrected chi connectivity index (χ2v) is 4.18. The van der Waals surface area contributed by atoms with E-state index in [-0.39, 0.29) is 22.6 Å². The van der Waals surface area contributed by atoms with Crippen molar-refractivity contribution in [1.82, 2.24) is 0 Å². The van der Waals surface area contributed by atoms with Gasteiger partial charge in [0.1, 0.15) is 0 Å². The second-order valence-electron chi connectivity index (χ2n) is 4.18. The van der Waals surface area contributed by atoms with E-state index in [4.69, 9.17) is 10.8 Å². The number of carboxylic acid groups (broad SMARTS) is 1. The van der Waals surface area contributed by atoms with Gasteiger partial charge in [-0.15, -0.1) is 0 Å². The number of carbonyl (C=O) groups is 2. The van der Waals surface area contributed by atoms with E-state index in [1.54, 1.807) is 6.08 Å². The van der Waals surface area contributed by atoms with Crippen LogP contribution in [0, 0.1) is 0 Å². The third-order valence-corrected chi connectivity index (χ3v) is 2.83. The van der Waals surface area contributed by atoms with Crippen molar-refractivity contribution in [3.05, 3.63) is 71.3 Å². The van der Waals surface area contributed by atoms with E-state index in [0.29, 0.717) is 0 Å². The van der Waals surface area contributed by atoms with Gasteiger partial charge >= 0.3 is 5.97 Å². The standard InChI is InChI=1S/C16H13NO3/c17-15-12(7-4-8-13(15)16(19)20)14(18)10-9-11-5-2-1-3-6-11/h1-10H,17H2,(H,19,20)/b10-9+. The van der Waals surface area contributed by atoms with Gasteiger partial charge in [0.05, 0.1) is 11.3 Å². The molecule has 2 aromatic carbocycles. The van der Waals surface area contributed by atoms with Crippen molar-refractivity contribution >= 4 is 23.5 Å². The van der Waals surface area contributed by atoms with Crippen LogP contribution in [0.25, 0.3) is 6.08 Å². The first-order chi connectivity index (χ1) is 9.59. The van der Waals surface area contributed by atoms with Crippen molar-refractivity contribution in [2.75, 3.05) is 5.73 Å². The van der Waals surface area contributed by atoms with E-state index < -0.39 is 5.97 Å². The molecule has 0 aliphatic carbocycles. The van der Waals surface area contributed by atoms with E-state index in [1.807, 2.05) is 30.3 Å². The monoisotopic (exact) mass is 267 g/mol. The zero-order valence-electron chi connectivity index (χ0n) is 10.6. The number of nitrogens with two attached hydrogens (primary N) is 1. The molecule has 4 nitrogen and oxygen atoms in total. The van der Waals surface area contributed by atoms with Crippen LogP contribution < -0.4 is 5.73 Å². The number of aromatic carboxylic acids is 1. The van der Waals surface area contributed by atoms with Crippen molar-refractivity contribution < 1.29 is 14.7 Å². The van der Waals surface area contributed by atoms with Gasteiger partial charge in [0, 0.05) is 5.56 Å². The first-order valence-corrected chi connectivity index (χ1v) is 5.99. The number of benzene rings is 2. The predicted octanol–water partition coefficient (Wildman–Crippen LogP) is 2.86. The van der Waals surface area contributed by atoms with Gasteiger partial charge in [0.15, 0.2) is 5.78 Å². The highest BCUT2D eigenvalue weighted by Crippen LogP contribution is 2.19. The van der Waals surface area contributed by atoms with Gasteiger partial charge < -0.3 is 10.8 Å². The van der Waals surface area contributed by atoms with Crippen molar-refractivity contribution in [1.29, 1.82) is 0 Å². The Bertz CT molecular complexity index is 675. The Morgan fingerprint density at radius 1 is 0.950 bits per heavy atom. The summed E-state index contributed by atoms with van der Waals surface area (Å²) in [6, 6.07) is 13.7. The Hall–Kier alpha value is -2.88. The predicted molar refractivity (Wildman–Crippen MR) is 77.6 cm³/mol. The molecule has 0 bridgehead atoms. The zero-order chi connectivity index (χ0) is 14.5. The average Bonchev–Trinajstić information content (AvgIpc) is 2.46. The molecular weight excluding hydrogens is 254 g/mol. The summed E-state index contributed by atoms with van der Waals surface area (Å²) in [6.45, 7) is 0. The molecule has 20 heavy (non-hydrogen) atoms. The third-order valence-electron chi connectivity index (χ3n) is 2.83. The number of allylic oxidation sites excluding steroid dienone is 1. The minimum atomic E-state index is -1.15. The molecule has 3 N–H and O–H groups in total. The SMILES string of the molecule is Nc1c(C(=O)O)cccc1C(=O)/C=C/c1ccccc1. The van der Waals surface area contributed by atoms with Gasteiger partial charge in [-0.3, -0.25) is 4.79 Å². The Morgan fingerprint density at radius 3 is 2.25 bits per heavy atom. The third kappa shape index (κ3) is 2.92. The number of ketones is 1. The van der Waals surface area contributed by atoms with Gasteiger partial charge in [0.25, 0.3) is 0 Å². The number of hydrogen-bond donors (Lipinski definition) is 2. The highest BCUT2D eigenvalue weighted by atomic mass is 16.4. The molecule has 0 radical (unpaired) electrons. The summed E-state index contributed by atoms with van der Waals surface area (Å²) >= 11 is 0. The summed E-state index contributed by atoms with van der Waals surface area (Å²) in [5, 5.41) is 8.97. The maximum absolute atomic E-state index is 12.1. The Morgan fingerprint density at radius 2 is 1.60 bits per heavy atom. The number of para-hydroxylation sites is 1. The maximum Gasteiger partial charge on any atom is 0.337 e. The molecule has 0 unspecified atom stereocenters. The molecule has 0 aromatic heterocycles. The van der Waals surface area contributed by atoms with E-state index in [9.17, 15) is 9.59 Å². The molecule has 0 aliphatic heterocycles. The molecule has 0 saturated carbocycles. The molecule has 0 saturated heterocycles. The quantitative estimate of drug-likeness (QED) is 0.507. The zero-order valence-corrected chi connectivity index (χ0v) is 10.6. The fourth-order valence-electron chi connectivity index (χ4n) is 1.79. The summed E-state index contributed by atoms with van der Waals surface area (Å²) in [7, 11) is 0. The summed E-state index contributed by atoms with van der Waals surface area (Å²) < 4.78 is 0. The number of anilines is 1. The minimum absolute atomic E-state index is 0.0114. The smallest absolute Gasteiger partial charge is 0.337 e. The first kappa shape index (κ1) is 13.5. The average molecular weight is 267 g/mol. The molecule has 0 spiro atoms. The largest absolute Gasteiger partial charge is 0.478 e. The first-order valence-electron chi connectivity index (χ1n) is 5.99. The molecule has 2 rings (SSSR count). The van der Waals surface area contributed by atoms with E-state index in [2.05, 4.69) is 0 Å². The topological polar surface area (TPSA) is 80.4 Å². The van der Waals surface area contributed by atoms with E-state index in [0.717, 1.165) is 5.56 Å². The molecule has 0 fully saturated rings. The lowest BCUT2D eigenvalue weighted by Gasteiger charge is -2.05. The number of rotatable bonds is 4. The molecule has 0 heterocycles. The normalized spacial score (nSPS) is 10.6. The van der Waals surface area contributed by atoms with Crippen LogP contribution in [-0.2, 0) is 0 Å². The molecule has 0 atom stereocenters. The van der Waals surface area contributed by atoms with Crippen molar-refractivity contribution in [2.24, 2.45) is 0 Å². The fourth-order valence-corrected chi connectivity index (χ4v) is 1.79. The van der Waals surface area contributed by atoms with Gasteiger partial charge in [-0.25, -0.2) is 4.79 Å². The molecular formula is C16H13NO3. The molecule has 2 aromatic rings. The number of hydrogen-bond acceptors (Lipinski definition) is 3. The maximum atomic E-state index is 12.1.